The predicted octanol–water partition coefficient (Wildman–Crippen LogP) is 1.98. The van der Waals surface area contributed by atoms with Crippen molar-refractivity contribution in [3.63, 3.8) is 0 Å². The number of nitrogens with two attached hydrogens (primary N) is 1. The number of aryl methyl sites for hydroxylation is 1. The lowest BCUT2D eigenvalue weighted by Crippen LogP contribution is -2.39. The summed E-state index contributed by atoms with van der Waals surface area (Å²) in [6.45, 7) is 3.38. The molecule has 1 heterocycles. The van der Waals surface area contributed by atoms with Crippen LogP contribution in [0.15, 0.2) is 15.5 Å². The molecule has 1 saturated carbocycles. The van der Waals surface area contributed by atoms with Crippen molar-refractivity contribution >= 4 is 21.6 Å². The summed E-state index contributed by atoms with van der Waals surface area (Å²) in [5, 5.41) is 4.27. The first-order valence-corrected chi connectivity index (χ1v) is 8.08. The Morgan fingerprint density at radius 1 is 1.55 bits per heavy atom. The number of hydrogen-bond donors (Lipinski definition) is 1. The number of rotatable bonds is 5. The van der Waals surface area contributed by atoms with E-state index in [1.807, 2.05) is 14.0 Å². The van der Waals surface area contributed by atoms with Gasteiger partial charge in [0.05, 0.1) is 11.9 Å². The molecular formula is C14H23BrN4O. The molecule has 2 atom stereocenters. The average Bonchev–Trinajstić information content (AvgIpc) is 2.92. The lowest BCUT2D eigenvalue weighted by atomic mass is 10.0. The van der Waals surface area contributed by atoms with Crippen molar-refractivity contribution in [2.24, 2.45) is 11.7 Å². The van der Waals surface area contributed by atoms with Gasteiger partial charge in [0, 0.05) is 19.6 Å². The summed E-state index contributed by atoms with van der Waals surface area (Å²) in [6.07, 6.45) is 6.18. The minimum Gasteiger partial charge on any atom is -0.369 e. The Labute approximate surface area is 128 Å². The molecule has 0 aliphatic heterocycles. The second-order valence-corrected chi connectivity index (χ2v) is 6.27. The first-order chi connectivity index (χ1) is 9.60. The Morgan fingerprint density at radius 2 is 2.30 bits per heavy atom. The summed E-state index contributed by atoms with van der Waals surface area (Å²) in [4.78, 5) is 14.4. The molecule has 1 aromatic rings. The number of aromatic nitrogens is 2. The van der Waals surface area contributed by atoms with E-state index in [-0.39, 0.29) is 5.56 Å². The lowest BCUT2D eigenvalue weighted by molar-refractivity contribution is 0.472. The third-order valence-corrected chi connectivity index (χ3v) is 4.95. The molecule has 1 aliphatic carbocycles. The van der Waals surface area contributed by atoms with E-state index in [0.29, 0.717) is 29.5 Å². The largest absolute Gasteiger partial charge is 0.369 e. The van der Waals surface area contributed by atoms with E-state index >= 15 is 0 Å². The van der Waals surface area contributed by atoms with Gasteiger partial charge in [-0.25, -0.2) is 4.68 Å². The maximum absolute atomic E-state index is 12.3. The highest BCUT2D eigenvalue weighted by Gasteiger charge is 2.30. The van der Waals surface area contributed by atoms with Crippen molar-refractivity contribution in [1.29, 1.82) is 0 Å². The maximum Gasteiger partial charge on any atom is 0.283 e. The Balaban J connectivity index is 2.28. The first-order valence-electron chi connectivity index (χ1n) is 7.28. The molecular weight excluding hydrogens is 320 g/mol. The van der Waals surface area contributed by atoms with Crippen LogP contribution in [-0.4, -0.2) is 29.4 Å². The van der Waals surface area contributed by atoms with Crippen LogP contribution in [0.2, 0.25) is 0 Å². The van der Waals surface area contributed by atoms with Gasteiger partial charge in [-0.1, -0.05) is 13.3 Å². The van der Waals surface area contributed by atoms with Crippen LogP contribution < -0.4 is 16.2 Å². The molecule has 1 aliphatic rings. The monoisotopic (exact) mass is 342 g/mol. The van der Waals surface area contributed by atoms with Gasteiger partial charge in [-0.3, -0.25) is 4.79 Å². The molecule has 6 heteroatoms. The van der Waals surface area contributed by atoms with Crippen molar-refractivity contribution in [2.75, 3.05) is 18.5 Å². The van der Waals surface area contributed by atoms with Gasteiger partial charge >= 0.3 is 0 Å². The highest BCUT2D eigenvalue weighted by atomic mass is 79.9. The summed E-state index contributed by atoms with van der Waals surface area (Å²) < 4.78 is 2.11. The molecule has 1 fully saturated rings. The van der Waals surface area contributed by atoms with E-state index in [9.17, 15) is 4.79 Å². The van der Waals surface area contributed by atoms with Crippen LogP contribution in [0.25, 0.3) is 0 Å². The van der Waals surface area contributed by atoms with Crippen LogP contribution in [-0.2, 0) is 6.54 Å². The molecule has 112 valence electrons. The zero-order valence-corrected chi connectivity index (χ0v) is 13.8. The van der Waals surface area contributed by atoms with Crippen molar-refractivity contribution in [1.82, 2.24) is 9.78 Å². The zero-order valence-electron chi connectivity index (χ0n) is 12.2. The summed E-state index contributed by atoms with van der Waals surface area (Å²) in [7, 11) is 2.03. The summed E-state index contributed by atoms with van der Waals surface area (Å²) >= 11 is 3.44. The minimum absolute atomic E-state index is 0.0569. The molecule has 2 N–H and O–H groups in total. The highest BCUT2D eigenvalue weighted by Crippen LogP contribution is 2.33. The molecule has 2 rings (SSSR count). The smallest absolute Gasteiger partial charge is 0.283 e. The van der Waals surface area contributed by atoms with E-state index in [1.165, 1.54) is 17.5 Å². The Hall–Kier alpha value is -0.880. The van der Waals surface area contributed by atoms with E-state index in [1.54, 1.807) is 6.20 Å². The Kier molecular flexibility index (Phi) is 5.21. The van der Waals surface area contributed by atoms with Crippen molar-refractivity contribution in [3.05, 3.63) is 21.0 Å². The van der Waals surface area contributed by atoms with Crippen LogP contribution in [0, 0.1) is 5.92 Å². The van der Waals surface area contributed by atoms with Gasteiger partial charge in [0.25, 0.3) is 5.56 Å². The molecule has 0 saturated heterocycles. The standard InChI is InChI=1S/C14H23BrN4O/c1-3-7-19-14(20)13(15)12(9-17-19)18(2)11-6-4-5-10(11)8-16/h9-11H,3-8,16H2,1-2H3. The highest BCUT2D eigenvalue weighted by molar-refractivity contribution is 9.10. The number of nitrogens with zero attached hydrogens (tertiary/aromatic N) is 3. The molecule has 1 aromatic heterocycles. The van der Waals surface area contributed by atoms with E-state index in [0.717, 1.165) is 18.5 Å². The summed E-state index contributed by atoms with van der Waals surface area (Å²) in [6, 6.07) is 0.402. The molecule has 20 heavy (non-hydrogen) atoms. The van der Waals surface area contributed by atoms with Gasteiger partial charge in [0.2, 0.25) is 0 Å². The van der Waals surface area contributed by atoms with Crippen molar-refractivity contribution in [3.8, 4) is 0 Å². The van der Waals surface area contributed by atoms with Gasteiger partial charge in [0.1, 0.15) is 4.47 Å². The van der Waals surface area contributed by atoms with Crippen LogP contribution in [0.5, 0.6) is 0 Å². The summed E-state index contributed by atoms with van der Waals surface area (Å²) in [5.74, 6) is 0.505. The first kappa shape index (κ1) is 15.5. The van der Waals surface area contributed by atoms with Gasteiger partial charge in [0.15, 0.2) is 0 Å². The SMILES string of the molecule is CCCn1ncc(N(C)C2CCCC2CN)c(Br)c1=O. The van der Waals surface area contributed by atoms with Gasteiger partial charge in [-0.2, -0.15) is 5.10 Å². The van der Waals surface area contributed by atoms with Crippen molar-refractivity contribution in [2.45, 2.75) is 45.2 Å². The molecule has 0 bridgehead atoms. The van der Waals surface area contributed by atoms with Gasteiger partial charge in [-0.15, -0.1) is 0 Å². The third-order valence-electron chi connectivity index (χ3n) is 4.20. The lowest BCUT2D eigenvalue weighted by Gasteiger charge is -2.31. The van der Waals surface area contributed by atoms with E-state index in [4.69, 9.17) is 5.73 Å². The fourth-order valence-corrected chi connectivity index (χ4v) is 3.64. The van der Waals surface area contributed by atoms with Crippen LogP contribution in [0.1, 0.15) is 32.6 Å². The van der Waals surface area contributed by atoms with E-state index < -0.39 is 0 Å². The second-order valence-electron chi connectivity index (χ2n) is 5.48. The molecule has 0 amide bonds. The molecule has 0 spiro atoms. The number of anilines is 1. The van der Waals surface area contributed by atoms with Crippen LogP contribution in [0.3, 0.4) is 0 Å². The maximum atomic E-state index is 12.3. The predicted molar refractivity (Wildman–Crippen MR) is 85.1 cm³/mol. The third kappa shape index (κ3) is 2.91. The van der Waals surface area contributed by atoms with Crippen LogP contribution in [0.4, 0.5) is 5.69 Å². The van der Waals surface area contributed by atoms with Crippen molar-refractivity contribution < 1.29 is 0 Å². The minimum atomic E-state index is -0.0569. The second kappa shape index (κ2) is 6.72. The van der Waals surface area contributed by atoms with Crippen LogP contribution >= 0.6 is 15.9 Å². The number of halogens is 1. The number of hydrogen-bond acceptors (Lipinski definition) is 4. The molecule has 0 aromatic carbocycles. The molecule has 2 unspecified atom stereocenters. The van der Waals surface area contributed by atoms with Gasteiger partial charge in [-0.05, 0) is 47.7 Å². The summed E-state index contributed by atoms with van der Waals surface area (Å²) in [5.41, 5.74) is 6.66. The topological polar surface area (TPSA) is 64.2 Å². The Bertz CT molecular complexity index is 516. The fourth-order valence-electron chi connectivity index (χ4n) is 3.05. The average molecular weight is 343 g/mol. The van der Waals surface area contributed by atoms with Gasteiger partial charge < -0.3 is 10.6 Å². The zero-order chi connectivity index (χ0) is 14.7. The van der Waals surface area contributed by atoms with E-state index in [2.05, 4.69) is 25.9 Å². The fraction of sp³-hybridized carbons (Fsp3) is 0.714. The Morgan fingerprint density at radius 3 is 2.95 bits per heavy atom. The normalized spacial score (nSPS) is 22.2. The quantitative estimate of drug-likeness (QED) is 0.888. The molecule has 5 nitrogen and oxygen atoms in total. The molecule has 0 radical (unpaired) electrons.